The van der Waals surface area contributed by atoms with Crippen molar-refractivity contribution >= 4 is 45.2 Å². The first-order chi connectivity index (χ1) is 18.0. The van der Waals surface area contributed by atoms with E-state index in [-0.39, 0.29) is 23.5 Å². The number of hydrogen-bond acceptors (Lipinski definition) is 8. The monoisotopic (exact) mass is 545 g/mol. The zero-order valence-corrected chi connectivity index (χ0v) is 21.4. The van der Waals surface area contributed by atoms with Crippen molar-refractivity contribution in [1.29, 1.82) is 0 Å². The molecule has 0 aliphatic carbocycles. The molecular formula is C24H25ClFN7O3S. The fourth-order valence-electron chi connectivity index (χ4n) is 4.37. The van der Waals surface area contributed by atoms with Crippen LogP contribution in [-0.2, 0) is 22.0 Å². The number of ether oxygens (including phenoxy) is 1. The summed E-state index contributed by atoms with van der Waals surface area (Å²) in [6, 6.07) is 6.49. The van der Waals surface area contributed by atoms with Crippen LogP contribution in [0.3, 0.4) is 0 Å². The molecule has 13 heteroatoms. The number of anilines is 2. The van der Waals surface area contributed by atoms with Gasteiger partial charge in [0.1, 0.15) is 35.4 Å². The number of fused-ring (bicyclic) bond motifs is 1. The number of rotatable bonds is 9. The molecule has 1 aromatic carbocycles. The first kappa shape index (κ1) is 25.5. The number of nitrogens with zero attached hydrogens (tertiary/aromatic N) is 5. The van der Waals surface area contributed by atoms with Crippen LogP contribution in [0, 0.1) is 5.82 Å². The van der Waals surface area contributed by atoms with Crippen LogP contribution in [0.25, 0.3) is 22.4 Å². The minimum atomic E-state index is -2.66. The van der Waals surface area contributed by atoms with E-state index in [0.29, 0.717) is 53.3 Å². The highest BCUT2D eigenvalue weighted by Crippen LogP contribution is 2.36. The van der Waals surface area contributed by atoms with Crippen LogP contribution in [0.4, 0.5) is 15.9 Å². The van der Waals surface area contributed by atoms with Gasteiger partial charge in [0.25, 0.3) is 0 Å². The van der Waals surface area contributed by atoms with Gasteiger partial charge < -0.3 is 10.1 Å². The number of nitrogens with one attached hydrogen (secondary N) is 2. The number of pyridine rings is 1. The minimum Gasteiger partial charge on any atom is -0.358 e. The summed E-state index contributed by atoms with van der Waals surface area (Å²) in [5.41, 5.74) is 3.13. The SMILES string of the molecule is O=[SH](=O)NCCCc1ccc(F)c(Nc2ncccc2-c2ncnc3c2ncn3C2CCCCO2)c1Cl. The second kappa shape index (κ2) is 11.5. The normalized spacial score (nSPS) is 15.9. The van der Waals surface area contributed by atoms with Gasteiger partial charge in [-0.2, -0.15) is 0 Å². The maximum atomic E-state index is 14.9. The molecule has 4 heterocycles. The molecule has 1 aliphatic rings. The largest absolute Gasteiger partial charge is 0.358 e. The third-order valence-corrected chi connectivity index (χ3v) is 7.08. The highest BCUT2D eigenvalue weighted by molar-refractivity contribution is 7.70. The Labute approximate surface area is 219 Å². The molecule has 0 saturated carbocycles. The zero-order chi connectivity index (χ0) is 25.8. The fraction of sp³-hybridized carbons (Fsp3) is 0.333. The van der Waals surface area contributed by atoms with Crippen LogP contribution in [0.5, 0.6) is 0 Å². The van der Waals surface area contributed by atoms with Gasteiger partial charge in [0, 0.05) is 24.9 Å². The third-order valence-electron chi connectivity index (χ3n) is 6.17. The van der Waals surface area contributed by atoms with Crippen LogP contribution in [0.2, 0.25) is 5.02 Å². The first-order valence-electron chi connectivity index (χ1n) is 11.9. The summed E-state index contributed by atoms with van der Waals surface area (Å²) in [7, 11) is -2.66. The molecule has 1 aliphatic heterocycles. The van der Waals surface area contributed by atoms with Crippen molar-refractivity contribution in [2.75, 3.05) is 18.5 Å². The Hall–Kier alpha value is -3.19. The summed E-state index contributed by atoms with van der Waals surface area (Å²) in [6.07, 6.45) is 8.59. The number of benzene rings is 1. The van der Waals surface area contributed by atoms with Crippen molar-refractivity contribution in [3.8, 4) is 11.3 Å². The zero-order valence-electron chi connectivity index (χ0n) is 19.7. The summed E-state index contributed by atoms with van der Waals surface area (Å²) in [5, 5.41) is 3.24. The van der Waals surface area contributed by atoms with Crippen LogP contribution < -0.4 is 10.0 Å². The van der Waals surface area contributed by atoms with Crippen molar-refractivity contribution < 1.29 is 17.5 Å². The molecule has 4 aromatic rings. The molecule has 1 saturated heterocycles. The molecule has 1 unspecified atom stereocenters. The van der Waals surface area contributed by atoms with Gasteiger partial charge in [0.15, 0.2) is 5.65 Å². The van der Waals surface area contributed by atoms with Gasteiger partial charge in [-0.3, -0.25) is 4.57 Å². The van der Waals surface area contributed by atoms with E-state index in [1.165, 1.54) is 12.4 Å². The summed E-state index contributed by atoms with van der Waals surface area (Å²) >= 11 is 6.56. The minimum absolute atomic E-state index is 0.0772. The van der Waals surface area contributed by atoms with E-state index in [9.17, 15) is 12.8 Å². The van der Waals surface area contributed by atoms with E-state index in [1.807, 2.05) is 10.6 Å². The van der Waals surface area contributed by atoms with Crippen molar-refractivity contribution in [3.63, 3.8) is 0 Å². The summed E-state index contributed by atoms with van der Waals surface area (Å²) in [4.78, 5) is 17.9. The Kier molecular flexibility index (Phi) is 7.89. The molecule has 37 heavy (non-hydrogen) atoms. The van der Waals surface area contributed by atoms with Crippen molar-refractivity contribution in [1.82, 2.24) is 29.2 Å². The first-order valence-corrected chi connectivity index (χ1v) is 13.4. The summed E-state index contributed by atoms with van der Waals surface area (Å²) in [5.74, 6) is -0.188. The molecule has 0 bridgehead atoms. The molecule has 0 amide bonds. The van der Waals surface area contributed by atoms with E-state index in [1.54, 1.807) is 24.7 Å². The lowest BCUT2D eigenvalue weighted by molar-refractivity contribution is -0.0298. The van der Waals surface area contributed by atoms with Gasteiger partial charge in [-0.1, -0.05) is 17.7 Å². The van der Waals surface area contributed by atoms with Gasteiger partial charge in [-0.25, -0.2) is 37.5 Å². The number of imidazole rings is 1. The lowest BCUT2D eigenvalue weighted by atomic mass is 10.1. The molecule has 1 atom stereocenters. The molecule has 194 valence electrons. The maximum absolute atomic E-state index is 14.9. The predicted octanol–water partition coefficient (Wildman–Crippen LogP) is 4.17. The van der Waals surface area contributed by atoms with Crippen LogP contribution >= 0.6 is 11.6 Å². The van der Waals surface area contributed by atoms with Crippen LogP contribution in [0.1, 0.15) is 37.5 Å². The van der Waals surface area contributed by atoms with Gasteiger partial charge >= 0.3 is 0 Å². The number of aryl methyl sites for hydroxylation is 1. The predicted molar refractivity (Wildman–Crippen MR) is 139 cm³/mol. The number of hydrogen-bond donors (Lipinski definition) is 3. The molecule has 2 N–H and O–H groups in total. The number of aromatic nitrogens is 5. The lowest BCUT2D eigenvalue weighted by Gasteiger charge is -2.23. The number of halogens is 2. The van der Waals surface area contributed by atoms with E-state index < -0.39 is 16.7 Å². The molecule has 10 nitrogen and oxygen atoms in total. The Bertz CT molecular complexity index is 1480. The second-order valence-electron chi connectivity index (χ2n) is 8.56. The summed E-state index contributed by atoms with van der Waals surface area (Å²) < 4.78 is 46.5. The average Bonchev–Trinajstić information content (AvgIpc) is 3.35. The molecule has 3 aromatic heterocycles. The third kappa shape index (κ3) is 5.57. The number of thiol groups is 1. The van der Waals surface area contributed by atoms with Crippen LogP contribution in [-0.4, -0.2) is 46.1 Å². The quantitative estimate of drug-likeness (QED) is 0.211. The molecule has 0 spiro atoms. The average molecular weight is 546 g/mol. The van der Waals surface area contributed by atoms with Crippen molar-refractivity contribution in [2.45, 2.75) is 38.3 Å². The molecule has 5 rings (SSSR count). The standard InChI is InChI=1S/C24H25ClFN7O3S/c25-19-15(5-3-11-31-37(34)35)8-9-17(26)21(19)32-23-16(6-4-10-27-23)20-22-24(29-13-28-20)33(14-30-22)18-7-1-2-12-36-18/h4,6,8-10,13-14,18,37H,1-3,5,7,11-12H2,(H,27,32)(H,31,34,35). The van der Waals surface area contributed by atoms with Crippen molar-refractivity contribution in [2.24, 2.45) is 0 Å². The van der Waals surface area contributed by atoms with Crippen LogP contribution in [0.15, 0.2) is 43.1 Å². The van der Waals surface area contributed by atoms with Crippen molar-refractivity contribution in [3.05, 3.63) is 59.5 Å². The Morgan fingerprint density at radius 3 is 2.86 bits per heavy atom. The van der Waals surface area contributed by atoms with E-state index in [2.05, 4.69) is 30.0 Å². The van der Waals surface area contributed by atoms with Gasteiger partial charge in [0.2, 0.25) is 10.9 Å². The van der Waals surface area contributed by atoms with E-state index >= 15 is 0 Å². The smallest absolute Gasteiger partial charge is 0.201 e. The van der Waals surface area contributed by atoms with Gasteiger partial charge in [-0.05, 0) is 55.9 Å². The molecule has 0 radical (unpaired) electrons. The van der Waals surface area contributed by atoms with E-state index in [0.717, 1.165) is 19.3 Å². The Balaban J connectivity index is 1.47. The second-order valence-corrected chi connectivity index (χ2v) is 9.76. The Morgan fingerprint density at radius 2 is 2.05 bits per heavy atom. The molecular weight excluding hydrogens is 521 g/mol. The highest BCUT2D eigenvalue weighted by Gasteiger charge is 2.22. The molecule has 1 fully saturated rings. The fourth-order valence-corrected chi connectivity index (χ4v) is 5.01. The van der Waals surface area contributed by atoms with Gasteiger partial charge in [0.05, 0.1) is 17.0 Å². The van der Waals surface area contributed by atoms with E-state index in [4.69, 9.17) is 16.3 Å². The topological polar surface area (TPSA) is 124 Å². The summed E-state index contributed by atoms with van der Waals surface area (Å²) in [6.45, 7) is 0.960. The maximum Gasteiger partial charge on any atom is 0.201 e. The lowest BCUT2D eigenvalue weighted by Crippen LogP contribution is -2.17. The highest BCUT2D eigenvalue weighted by atomic mass is 35.5. The Morgan fingerprint density at radius 1 is 1.16 bits per heavy atom. The van der Waals surface area contributed by atoms with Gasteiger partial charge in [-0.15, -0.1) is 0 Å².